The summed E-state index contributed by atoms with van der Waals surface area (Å²) in [6, 6.07) is 18.9. The van der Waals surface area contributed by atoms with Crippen molar-refractivity contribution in [1.29, 1.82) is 0 Å². The van der Waals surface area contributed by atoms with E-state index in [2.05, 4.69) is 28.8 Å². The normalized spacial score (nSPS) is 12.2. The zero-order valence-corrected chi connectivity index (χ0v) is 32.9. The van der Waals surface area contributed by atoms with Crippen LogP contribution in [0.15, 0.2) is 60.7 Å². The van der Waals surface area contributed by atoms with Crippen molar-refractivity contribution in [1.82, 2.24) is 15.0 Å². The Hall–Kier alpha value is -5.84. The Bertz CT molecular complexity index is 1990. The molecule has 11 nitrogen and oxygen atoms in total. The number of H-pyrrole nitrogens is 3. The lowest BCUT2D eigenvalue weighted by Crippen LogP contribution is -2.14. The second-order valence-corrected chi connectivity index (χ2v) is 13.7. The standard InChI is InChI=1S/C44H51N3O8/c1-9-31-32(10-2)34(22-36-38(28(6)42(49)53-8)26(4)40(47-36)44(51)55-24-30-19-15-12-16-20-30)45-33(31)21-35-37(27(5)41(48)52-7)25(3)39(46-35)43(50)54-23-29-17-13-11-14-18-29/h11-20,27-28,45-47H,9-10,21-24H2,1-8H3. The van der Waals surface area contributed by atoms with Gasteiger partial charge in [0, 0.05) is 35.6 Å². The van der Waals surface area contributed by atoms with Crippen molar-refractivity contribution >= 4 is 23.9 Å². The number of carbonyl (C=O) groups is 4. The van der Waals surface area contributed by atoms with Gasteiger partial charge in [0.2, 0.25) is 0 Å². The van der Waals surface area contributed by atoms with E-state index >= 15 is 0 Å². The number of carbonyl (C=O) groups excluding carboxylic acids is 4. The third-order valence-corrected chi connectivity index (χ3v) is 10.4. The number of hydrogen-bond donors (Lipinski definition) is 3. The fourth-order valence-electron chi connectivity index (χ4n) is 7.59. The van der Waals surface area contributed by atoms with Gasteiger partial charge in [-0.05, 0) is 85.0 Å². The summed E-state index contributed by atoms with van der Waals surface area (Å²) in [7, 11) is 2.70. The van der Waals surface area contributed by atoms with Crippen LogP contribution in [0.2, 0.25) is 0 Å². The third kappa shape index (κ3) is 8.77. The van der Waals surface area contributed by atoms with Crippen LogP contribution in [0.4, 0.5) is 0 Å². The zero-order valence-electron chi connectivity index (χ0n) is 32.9. The van der Waals surface area contributed by atoms with Gasteiger partial charge < -0.3 is 33.9 Å². The van der Waals surface area contributed by atoms with Gasteiger partial charge in [-0.25, -0.2) is 9.59 Å². The molecule has 0 aliphatic heterocycles. The summed E-state index contributed by atoms with van der Waals surface area (Å²) >= 11 is 0. The molecule has 3 aromatic heterocycles. The average molecular weight is 750 g/mol. The molecule has 2 unspecified atom stereocenters. The van der Waals surface area contributed by atoms with E-state index in [1.807, 2.05) is 74.5 Å². The molecule has 0 fully saturated rings. The van der Waals surface area contributed by atoms with E-state index in [1.165, 1.54) is 14.2 Å². The van der Waals surface area contributed by atoms with E-state index in [1.54, 1.807) is 13.8 Å². The smallest absolute Gasteiger partial charge is 0.355 e. The lowest BCUT2D eigenvalue weighted by atomic mass is 9.93. The van der Waals surface area contributed by atoms with E-state index in [-0.39, 0.29) is 24.6 Å². The Morgan fingerprint density at radius 1 is 0.564 bits per heavy atom. The lowest BCUT2D eigenvalue weighted by Gasteiger charge is -2.13. The van der Waals surface area contributed by atoms with Crippen molar-refractivity contribution in [3.63, 3.8) is 0 Å². The summed E-state index contributed by atoms with van der Waals surface area (Å²) in [6.07, 6.45) is 2.17. The van der Waals surface area contributed by atoms with Crippen LogP contribution in [0.1, 0.15) is 128 Å². The van der Waals surface area contributed by atoms with E-state index in [9.17, 15) is 19.2 Å². The molecule has 290 valence electrons. The SMILES string of the molecule is CCc1c(Cc2[nH]c(C(=O)OCc3ccccc3)c(C)c2C(C)C(=O)OC)[nH]c(Cc2[nH]c(C(=O)OCc3ccccc3)c(C)c2C(C)C(=O)OC)c1CC. The summed E-state index contributed by atoms with van der Waals surface area (Å²) in [6.45, 7) is 11.5. The number of methoxy groups -OCH3 is 2. The molecule has 0 saturated carbocycles. The van der Waals surface area contributed by atoms with Gasteiger partial charge in [-0.3, -0.25) is 9.59 Å². The largest absolute Gasteiger partial charge is 0.469 e. The van der Waals surface area contributed by atoms with Crippen molar-refractivity contribution in [2.24, 2.45) is 0 Å². The number of hydrogen-bond acceptors (Lipinski definition) is 8. The Morgan fingerprint density at radius 2 is 0.927 bits per heavy atom. The third-order valence-electron chi connectivity index (χ3n) is 10.4. The predicted octanol–water partition coefficient (Wildman–Crippen LogP) is 7.86. The molecule has 2 aromatic carbocycles. The molecular weight excluding hydrogens is 698 g/mol. The Morgan fingerprint density at radius 3 is 1.25 bits per heavy atom. The van der Waals surface area contributed by atoms with Crippen LogP contribution >= 0.6 is 0 Å². The number of rotatable bonds is 16. The van der Waals surface area contributed by atoms with Gasteiger partial charge in [0.25, 0.3) is 0 Å². The molecule has 0 amide bonds. The first-order valence-corrected chi connectivity index (χ1v) is 18.7. The molecule has 5 rings (SSSR count). The van der Waals surface area contributed by atoms with Crippen molar-refractivity contribution in [2.75, 3.05) is 14.2 Å². The molecule has 0 radical (unpaired) electrons. The van der Waals surface area contributed by atoms with Gasteiger partial charge in [0.15, 0.2) is 0 Å². The van der Waals surface area contributed by atoms with E-state index in [4.69, 9.17) is 18.9 Å². The second kappa shape index (κ2) is 18.0. The topological polar surface area (TPSA) is 153 Å². The Labute approximate surface area is 322 Å². The highest BCUT2D eigenvalue weighted by Crippen LogP contribution is 2.34. The first-order chi connectivity index (χ1) is 26.4. The summed E-state index contributed by atoms with van der Waals surface area (Å²) in [4.78, 5) is 63.0. The average Bonchev–Trinajstić information content (AvgIpc) is 3.84. The maximum Gasteiger partial charge on any atom is 0.355 e. The maximum absolute atomic E-state index is 13.5. The van der Waals surface area contributed by atoms with Gasteiger partial charge >= 0.3 is 23.9 Å². The number of aromatic amines is 3. The highest BCUT2D eigenvalue weighted by Gasteiger charge is 2.31. The van der Waals surface area contributed by atoms with Gasteiger partial charge in [-0.1, -0.05) is 74.5 Å². The summed E-state index contributed by atoms with van der Waals surface area (Å²) in [5, 5.41) is 0. The fourth-order valence-corrected chi connectivity index (χ4v) is 7.59. The number of ether oxygens (including phenoxy) is 4. The van der Waals surface area contributed by atoms with Crippen LogP contribution in [-0.2, 0) is 67.4 Å². The molecule has 0 bridgehead atoms. The van der Waals surface area contributed by atoms with E-state index in [0.717, 1.165) is 46.5 Å². The van der Waals surface area contributed by atoms with Crippen molar-refractivity contribution in [2.45, 2.75) is 92.3 Å². The molecule has 5 aromatic rings. The second-order valence-electron chi connectivity index (χ2n) is 13.7. The highest BCUT2D eigenvalue weighted by atomic mass is 16.5. The summed E-state index contributed by atoms with van der Waals surface area (Å²) in [5.74, 6) is -3.18. The van der Waals surface area contributed by atoms with E-state index < -0.39 is 35.7 Å². The number of aromatic nitrogens is 3. The molecular formula is C44H51N3O8. The molecule has 0 saturated heterocycles. The molecule has 0 aliphatic rings. The van der Waals surface area contributed by atoms with Crippen LogP contribution < -0.4 is 0 Å². The molecule has 0 spiro atoms. The van der Waals surface area contributed by atoms with Crippen molar-refractivity contribution < 1.29 is 38.1 Å². The zero-order chi connectivity index (χ0) is 39.8. The molecule has 3 N–H and O–H groups in total. The van der Waals surface area contributed by atoms with Crippen molar-refractivity contribution in [3.8, 4) is 0 Å². The first kappa shape index (κ1) is 40.3. The molecule has 0 aliphatic carbocycles. The minimum Gasteiger partial charge on any atom is -0.469 e. The van der Waals surface area contributed by atoms with Crippen LogP contribution in [-0.4, -0.2) is 53.0 Å². The minimum atomic E-state index is -0.651. The maximum atomic E-state index is 13.5. The first-order valence-electron chi connectivity index (χ1n) is 18.7. The van der Waals surface area contributed by atoms with Gasteiger partial charge in [0.05, 0.1) is 26.1 Å². The lowest BCUT2D eigenvalue weighted by molar-refractivity contribution is -0.142. The molecule has 3 heterocycles. The molecule has 2 atom stereocenters. The molecule has 11 heteroatoms. The van der Waals surface area contributed by atoms with E-state index in [0.29, 0.717) is 46.5 Å². The highest BCUT2D eigenvalue weighted by molar-refractivity contribution is 5.92. The monoisotopic (exact) mass is 749 g/mol. The summed E-state index contributed by atoms with van der Waals surface area (Å²) in [5.41, 5.74) is 10.4. The van der Waals surface area contributed by atoms with Gasteiger partial charge in [-0.2, -0.15) is 0 Å². The van der Waals surface area contributed by atoms with Crippen LogP contribution in [0.5, 0.6) is 0 Å². The predicted molar refractivity (Wildman–Crippen MR) is 208 cm³/mol. The Balaban J connectivity index is 1.52. The fraction of sp³-hybridized carbons (Fsp3) is 0.364. The van der Waals surface area contributed by atoms with Crippen LogP contribution in [0.3, 0.4) is 0 Å². The van der Waals surface area contributed by atoms with Crippen LogP contribution in [0, 0.1) is 13.8 Å². The minimum absolute atomic E-state index is 0.108. The van der Waals surface area contributed by atoms with Gasteiger partial charge in [0.1, 0.15) is 24.6 Å². The Kier molecular flexibility index (Phi) is 13.2. The number of esters is 4. The quantitative estimate of drug-likeness (QED) is 0.0681. The summed E-state index contributed by atoms with van der Waals surface area (Å²) < 4.78 is 21.6. The van der Waals surface area contributed by atoms with Gasteiger partial charge in [-0.15, -0.1) is 0 Å². The molecule has 55 heavy (non-hydrogen) atoms. The number of nitrogens with one attached hydrogen (secondary N) is 3. The van der Waals surface area contributed by atoms with Crippen molar-refractivity contribution in [3.05, 3.63) is 139 Å². The van der Waals surface area contributed by atoms with Crippen LogP contribution in [0.25, 0.3) is 0 Å². The number of benzene rings is 2.